The molecule has 1 aliphatic heterocycles. The Morgan fingerprint density at radius 1 is 1.03 bits per heavy atom. The first-order chi connectivity index (χ1) is 14.8. The van der Waals surface area contributed by atoms with Crippen LogP contribution in [0.2, 0.25) is 0 Å². The van der Waals surface area contributed by atoms with E-state index < -0.39 is 0 Å². The lowest BCUT2D eigenvalue weighted by Crippen LogP contribution is -2.40. The van der Waals surface area contributed by atoms with Crippen molar-refractivity contribution in [2.24, 2.45) is 0 Å². The zero-order valence-corrected chi connectivity index (χ0v) is 17.1. The summed E-state index contributed by atoms with van der Waals surface area (Å²) in [5.74, 6) is 0.622. The van der Waals surface area contributed by atoms with E-state index in [4.69, 9.17) is 9.47 Å². The van der Waals surface area contributed by atoms with E-state index in [0.29, 0.717) is 12.3 Å². The maximum atomic E-state index is 12.1. The topological polar surface area (TPSA) is 50.8 Å². The monoisotopic (exact) mass is 404 g/mol. The summed E-state index contributed by atoms with van der Waals surface area (Å²) in [6.07, 6.45) is 1.04. The van der Waals surface area contributed by atoms with E-state index in [0.717, 1.165) is 43.4 Å². The molecule has 1 saturated heterocycles. The van der Waals surface area contributed by atoms with Crippen molar-refractivity contribution >= 4 is 16.7 Å². The number of ether oxygens (including phenoxy) is 2. The summed E-state index contributed by atoms with van der Waals surface area (Å²) in [6.45, 7) is 4.19. The highest BCUT2D eigenvalue weighted by molar-refractivity contribution is 5.84. The number of nitrogens with zero attached hydrogens (tertiary/aromatic N) is 1. The molecule has 1 heterocycles. The largest absolute Gasteiger partial charge is 0.484 e. The predicted octanol–water partition coefficient (Wildman–Crippen LogP) is 3.80. The van der Waals surface area contributed by atoms with Crippen molar-refractivity contribution in [3.8, 4) is 5.75 Å². The Morgan fingerprint density at radius 2 is 1.83 bits per heavy atom. The molecule has 0 radical (unpaired) electrons. The van der Waals surface area contributed by atoms with Crippen LogP contribution in [0.4, 0.5) is 0 Å². The van der Waals surface area contributed by atoms with Gasteiger partial charge in [0, 0.05) is 26.2 Å². The van der Waals surface area contributed by atoms with Crippen molar-refractivity contribution in [1.82, 2.24) is 10.2 Å². The molecule has 0 spiro atoms. The van der Waals surface area contributed by atoms with Crippen molar-refractivity contribution in [1.29, 1.82) is 0 Å². The number of morpholine rings is 1. The second kappa shape index (κ2) is 10.2. The SMILES string of the molecule is O=C(COc1ccc2ccccc2c1)NCCCN1CCO[C@@H](c2ccccc2)C1. The molecule has 0 unspecified atom stereocenters. The first-order valence-corrected chi connectivity index (χ1v) is 10.6. The number of benzene rings is 3. The zero-order chi connectivity index (χ0) is 20.6. The Morgan fingerprint density at radius 3 is 2.70 bits per heavy atom. The molecule has 30 heavy (non-hydrogen) atoms. The second-order valence-corrected chi connectivity index (χ2v) is 7.57. The van der Waals surface area contributed by atoms with Crippen LogP contribution in [-0.2, 0) is 9.53 Å². The third-order valence-corrected chi connectivity index (χ3v) is 5.39. The summed E-state index contributed by atoms with van der Waals surface area (Å²) in [5, 5.41) is 5.22. The number of hydrogen-bond acceptors (Lipinski definition) is 4. The van der Waals surface area contributed by atoms with E-state index in [9.17, 15) is 4.79 Å². The minimum atomic E-state index is -0.0905. The Labute approximate surface area is 177 Å². The van der Waals surface area contributed by atoms with Gasteiger partial charge in [-0.15, -0.1) is 0 Å². The van der Waals surface area contributed by atoms with Gasteiger partial charge in [-0.25, -0.2) is 0 Å². The van der Waals surface area contributed by atoms with Gasteiger partial charge in [-0.05, 0) is 34.9 Å². The van der Waals surface area contributed by atoms with Crippen LogP contribution in [0, 0.1) is 0 Å². The smallest absolute Gasteiger partial charge is 0.257 e. The van der Waals surface area contributed by atoms with Crippen molar-refractivity contribution < 1.29 is 14.3 Å². The third-order valence-electron chi connectivity index (χ3n) is 5.39. The molecule has 1 atom stereocenters. The van der Waals surface area contributed by atoms with Gasteiger partial charge in [-0.3, -0.25) is 9.69 Å². The molecule has 3 aromatic rings. The van der Waals surface area contributed by atoms with E-state index in [1.807, 2.05) is 54.6 Å². The molecule has 1 N–H and O–H groups in total. The first-order valence-electron chi connectivity index (χ1n) is 10.6. The molecule has 0 bridgehead atoms. The molecular formula is C25H28N2O3. The number of fused-ring (bicyclic) bond motifs is 1. The summed E-state index contributed by atoms with van der Waals surface area (Å²) in [5.41, 5.74) is 1.22. The fraction of sp³-hybridized carbons (Fsp3) is 0.320. The standard InChI is InChI=1S/C25H28N2O3/c28-25(19-30-23-12-11-20-7-4-5-10-22(20)17-23)26-13-6-14-27-15-16-29-24(18-27)21-8-2-1-3-9-21/h1-5,7-12,17,24H,6,13-16,18-19H2,(H,26,28)/t24-/m1/s1. The quantitative estimate of drug-likeness (QED) is 0.580. The summed E-state index contributed by atoms with van der Waals surface area (Å²) in [6, 6.07) is 24.3. The van der Waals surface area contributed by atoms with Crippen molar-refractivity contribution in [3.05, 3.63) is 78.4 Å². The van der Waals surface area contributed by atoms with Crippen LogP contribution in [0.15, 0.2) is 72.8 Å². The molecule has 1 fully saturated rings. The van der Waals surface area contributed by atoms with Crippen LogP contribution in [0.3, 0.4) is 0 Å². The molecule has 1 amide bonds. The van der Waals surface area contributed by atoms with Gasteiger partial charge in [0.1, 0.15) is 5.75 Å². The highest BCUT2D eigenvalue weighted by Gasteiger charge is 2.21. The summed E-state index contributed by atoms with van der Waals surface area (Å²) in [7, 11) is 0. The molecule has 5 heteroatoms. The Kier molecular flexibility index (Phi) is 6.95. The van der Waals surface area contributed by atoms with Gasteiger partial charge in [-0.1, -0.05) is 60.7 Å². The van der Waals surface area contributed by atoms with Crippen LogP contribution < -0.4 is 10.1 Å². The van der Waals surface area contributed by atoms with Crippen molar-refractivity contribution in [2.45, 2.75) is 12.5 Å². The molecule has 0 aliphatic carbocycles. The number of hydrogen-bond donors (Lipinski definition) is 1. The summed E-state index contributed by atoms with van der Waals surface area (Å²) in [4.78, 5) is 14.5. The fourth-order valence-corrected chi connectivity index (χ4v) is 3.76. The number of carbonyl (C=O) groups is 1. The van der Waals surface area contributed by atoms with Gasteiger partial charge in [0.2, 0.25) is 0 Å². The van der Waals surface area contributed by atoms with Crippen LogP contribution in [0.5, 0.6) is 5.75 Å². The van der Waals surface area contributed by atoms with Crippen LogP contribution in [-0.4, -0.2) is 50.2 Å². The number of rotatable bonds is 8. The van der Waals surface area contributed by atoms with Crippen LogP contribution in [0.1, 0.15) is 18.1 Å². The fourth-order valence-electron chi connectivity index (χ4n) is 3.76. The van der Waals surface area contributed by atoms with Crippen molar-refractivity contribution in [2.75, 3.05) is 39.4 Å². The lowest BCUT2D eigenvalue weighted by Gasteiger charge is -2.33. The molecular weight excluding hydrogens is 376 g/mol. The third kappa shape index (κ3) is 5.59. The average molecular weight is 405 g/mol. The minimum absolute atomic E-state index is 0.0337. The number of nitrogens with one attached hydrogen (secondary N) is 1. The Hall–Kier alpha value is -2.89. The van der Waals surface area contributed by atoms with Gasteiger partial charge in [0.25, 0.3) is 5.91 Å². The highest BCUT2D eigenvalue weighted by Crippen LogP contribution is 2.22. The summed E-state index contributed by atoms with van der Waals surface area (Å²) >= 11 is 0. The maximum absolute atomic E-state index is 12.1. The minimum Gasteiger partial charge on any atom is -0.484 e. The molecule has 5 nitrogen and oxygen atoms in total. The van der Waals surface area contributed by atoms with Gasteiger partial charge >= 0.3 is 0 Å². The first kappa shape index (κ1) is 20.4. The Balaban J connectivity index is 1.15. The normalized spacial score (nSPS) is 17.0. The molecule has 156 valence electrons. The Bertz CT molecular complexity index is 961. The highest BCUT2D eigenvalue weighted by atomic mass is 16.5. The van der Waals surface area contributed by atoms with E-state index in [-0.39, 0.29) is 18.6 Å². The van der Waals surface area contributed by atoms with E-state index in [2.05, 4.69) is 28.4 Å². The predicted molar refractivity (Wildman–Crippen MR) is 119 cm³/mol. The molecule has 0 saturated carbocycles. The summed E-state index contributed by atoms with van der Waals surface area (Å²) < 4.78 is 11.6. The molecule has 4 rings (SSSR count). The maximum Gasteiger partial charge on any atom is 0.257 e. The van der Waals surface area contributed by atoms with Crippen LogP contribution in [0.25, 0.3) is 10.8 Å². The number of amides is 1. The molecule has 1 aliphatic rings. The number of carbonyl (C=O) groups excluding carboxylic acids is 1. The van der Waals surface area contributed by atoms with Crippen LogP contribution >= 0.6 is 0 Å². The van der Waals surface area contributed by atoms with E-state index in [1.54, 1.807) is 0 Å². The zero-order valence-electron chi connectivity index (χ0n) is 17.1. The van der Waals surface area contributed by atoms with E-state index in [1.165, 1.54) is 5.56 Å². The van der Waals surface area contributed by atoms with Gasteiger partial charge in [0.05, 0.1) is 12.7 Å². The molecule has 3 aromatic carbocycles. The average Bonchev–Trinajstić information content (AvgIpc) is 2.81. The van der Waals surface area contributed by atoms with E-state index >= 15 is 0 Å². The van der Waals surface area contributed by atoms with Gasteiger partial charge in [0.15, 0.2) is 6.61 Å². The lowest BCUT2D eigenvalue weighted by molar-refractivity contribution is -0.123. The van der Waals surface area contributed by atoms with Crippen molar-refractivity contribution in [3.63, 3.8) is 0 Å². The van der Waals surface area contributed by atoms with Gasteiger partial charge in [-0.2, -0.15) is 0 Å². The second-order valence-electron chi connectivity index (χ2n) is 7.57. The lowest BCUT2D eigenvalue weighted by atomic mass is 10.1. The van der Waals surface area contributed by atoms with Gasteiger partial charge < -0.3 is 14.8 Å². The molecule has 0 aromatic heterocycles.